The zero-order valence-corrected chi connectivity index (χ0v) is 20.9. The lowest BCUT2D eigenvalue weighted by atomic mass is 10.2. The van der Waals surface area contributed by atoms with Gasteiger partial charge in [-0.15, -0.1) is 11.3 Å². The van der Waals surface area contributed by atoms with Gasteiger partial charge in [-0.3, -0.25) is 0 Å². The highest BCUT2D eigenvalue weighted by Gasteiger charge is 2.19. The van der Waals surface area contributed by atoms with Crippen molar-refractivity contribution in [1.82, 2.24) is 15.0 Å². The van der Waals surface area contributed by atoms with Crippen LogP contribution in [-0.2, 0) is 10.0 Å². The van der Waals surface area contributed by atoms with Gasteiger partial charge < -0.3 is 20.9 Å². The monoisotopic (exact) mass is 510 g/mol. The molecule has 0 aliphatic carbocycles. The highest BCUT2D eigenvalue weighted by Crippen LogP contribution is 2.40. The van der Waals surface area contributed by atoms with Crippen molar-refractivity contribution in [3.8, 4) is 22.1 Å². The van der Waals surface area contributed by atoms with Gasteiger partial charge in [-0.2, -0.15) is 0 Å². The van der Waals surface area contributed by atoms with E-state index in [-0.39, 0.29) is 24.0 Å². The molecule has 1 aromatic carbocycles. The fourth-order valence-corrected chi connectivity index (χ4v) is 5.58. The van der Waals surface area contributed by atoms with E-state index < -0.39 is 10.0 Å². The molecule has 10 nitrogen and oxygen atoms in total. The molecular formula is C20H26N6O4S3. The van der Waals surface area contributed by atoms with Gasteiger partial charge in [-0.05, 0) is 38.5 Å². The first-order valence-electron chi connectivity index (χ1n) is 9.91. The molecule has 6 N–H and O–H groups in total. The number of aromatic nitrogens is 3. The fourth-order valence-electron chi connectivity index (χ4n) is 3.00. The van der Waals surface area contributed by atoms with Crippen LogP contribution >= 0.6 is 23.1 Å². The van der Waals surface area contributed by atoms with Gasteiger partial charge in [0.2, 0.25) is 10.0 Å². The second kappa shape index (κ2) is 10.5. The number of methoxy groups -OCH3 is 1. The Balaban J connectivity index is 1.78. The number of sulfonamides is 1. The molecule has 0 fully saturated rings. The predicted octanol–water partition coefficient (Wildman–Crippen LogP) is 2.99. The summed E-state index contributed by atoms with van der Waals surface area (Å²) in [5.41, 5.74) is 13.3. The minimum absolute atomic E-state index is 0.0246. The SMILES string of the molecule is COc1ccc(-c2nc(C(C)Sc3nc(N)cc(N)n3)c(C)s2)cc1OCCCS(N)(=O)=O. The normalized spacial score (nSPS) is 12.5. The average Bonchev–Trinajstić information content (AvgIpc) is 3.11. The van der Waals surface area contributed by atoms with Gasteiger partial charge in [0.25, 0.3) is 0 Å². The summed E-state index contributed by atoms with van der Waals surface area (Å²) in [5, 5.41) is 6.33. The predicted molar refractivity (Wildman–Crippen MR) is 132 cm³/mol. The Morgan fingerprint density at radius 3 is 2.45 bits per heavy atom. The summed E-state index contributed by atoms with van der Waals surface area (Å²) in [6.07, 6.45) is 0.276. The van der Waals surface area contributed by atoms with Gasteiger partial charge in [0.15, 0.2) is 16.7 Å². The van der Waals surface area contributed by atoms with Gasteiger partial charge >= 0.3 is 0 Å². The molecule has 3 aromatic rings. The lowest BCUT2D eigenvalue weighted by Crippen LogP contribution is -2.18. The van der Waals surface area contributed by atoms with Crippen molar-refractivity contribution >= 4 is 44.8 Å². The van der Waals surface area contributed by atoms with Crippen molar-refractivity contribution in [2.75, 3.05) is 30.9 Å². The molecule has 178 valence electrons. The lowest BCUT2D eigenvalue weighted by Gasteiger charge is -2.11. The van der Waals surface area contributed by atoms with Crippen molar-refractivity contribution < 1.29 is 17.9 Å². The molecule has 0 bridgehead atoms. The Hall–Kier alpha value is -2.61. The Morgan fingerprint density at radius 2 is 1.82 bits per heavy atom. The maximum Gasteiger partial charge on any atom is 0.209 e. The maximum atomic E-state index is 11.1. The Bertz CT molecular complexity index is 1210. The van der Waals surface area contributed by atoms with E-state index >= 15 is 0 Å². The van der Waals surface area contributed by atoms with Gasteiger partial charge in [-0.25, -0.2) is 28.5 Å². The van der Waals surface area contributed by atoms with Crippen LogP contribution < -0.4 is 26.1 Å². The number of anilines is 2. The van der Waals surface area contributed by atoms with Crippen LogP contribution in [0.2, 0.25) is 0 Å². The number of primary sulfonamides is 1. The molecular weight excluding hydrogens is 484 g/mol. The fraction of sp³-hybridized carbons (Fsp3) is 0.350. The van der Waals surface area contributed by atoms with Crippen LogP contribution in [-0.4, -0.2) is 42.8 Å². The van der Waals surface area contributed by atoms with Crippen molar-refractivity contribution in [3.05, 3.63) is 34.8 Å². The van der Waals surface area contributed by atoms with E-state index in [0.29, 0.717) is 28.3 Å². The van der Waals surface area contributed by atoms with E-state index in [9.17, 15) is 8.42 Å². The van der Waals surface area contributed by atoms with Crippen LogP contribution in [0.1, 0.15) is 29.2 Å². The molecule has 0 radical (unpaired) electrons. The molecule has 0 spiro atoms. The lowest BCUT2D eigenvalue weighted by molar-refractivity contribution is 0.295. The van der Waals surface area contributed by atoms with Crippen molar-refractivity contribution in [3.63, 3.8) is 0 Å². The highest BCUT2D eigenvalue weighted by atomic mass is 32.2. The third kappa shape index (κ3) is 6.93. The molecule has 1 atom stereocenters. The minimum atomic E-state index is -3.53. The van der Waals surface area contributed by atoms with Gasteiger partial charge in [0.1, 0.15) is 16.6 Å². The second-order valence-electron chi connectivity index (χ2n) is 7.16. The van der Waals surface area contributed by atoms with E-state index in [1.165, 1.54) is 17.8 Å². The number of nitrogen functional groups attached to an aromatic ring is 2. The van der Waals surface area contributed by atoms with Crippen LogP contribution in [0.4, 0.5) is 11.6 Å². The quantitative estimate of drug-likeness (QED) is 0.209. The molecule has 2 heterocycles. The number of aryl methyl sites for hydroxylation is 1. The molecule has 0 amide bonds. The molecule has 2 aromatic heterocycles. The van der Waals surface area contributed by atoms with Crippen LogP contribution in [0.3, 0.4) is 0 Å². The van der Waals surface area contributed by atoms with Crippen molar-refractivity contribution in [2.45, 2.75) is 30.7 Å². The first-order valence-corrected chi connectivity index (χ1v) is 13.3. The summed E-state index contributed by atoms with van der Waals surface area (Å²) >= 11 is 2.99. The standard InChI is InChI=1S/C20H26N6O4S3/c1-11-18(12(2)32-20-24-16(21)10-17(22)25-20)26-19(31-11)13-5-6-14(29-3)15(9-13)30-7-4-8-33(23,27)28/h5-6,9-10,12H,4,7-8H2,1-3H3,(H2,23,27,28)(H4,21,22,24,25). The second-order valence-corrected chi connectivity index (χ2v) is 11.4. The smallest absolute Gasteiger partial charge is 0.209 e. The summed E-state index contributed by atoms with van der Waals surface area (Å²) in [6, 6.07) is 7.04. The Morgan fingerprint density at radius 1 is 1.12 bits per heavy atom. The number of thioether (sulfide) groups is 1. The largest absolute Gasteiger partial charge is 0.493 e. The van der Waals surface area contributed by atoms with E-state index in [1.807, 2.05) is 26.0 Å². The number of thiazole rings is 1. The zero-order chi connectivity index (χ0) is 24.2. The van der Waals surface area contributed by atoms with Crippen LogP contribution in [0.15, 0.2) is 29.4 Å². The van der Waals surface area contributed by atoms with Crippen molar-refractivity contribution in [1.29, 1.82) is 0 Å². The molecule has 0 saturated carbocycles. The minimum Gasteiger partial charge on any atom is -0.493 e. The number of ether oxygens (including phenoxy) is 2. The summed E-state index contributed by atoms with van der Waals surface area (Å²) in [6.45, 7) is 4.22. The average molecular weight is 511 g/mol. The molecule has 0 saturated heterocycles. The highest BCUT2D eigenvalue weighted by molar-refractivity contribution is 7.99. The number of hydrogen-bond donors (Lipinski definition) is 3. The van der Waals surface area contributed by atoms with Crippen molar-refractivity contribution in [2.24, 2.45) is 5.14 Å². The number of rotatable bonds is 10. The van der Waals surface area contributed by atoms with Crippen LogP contribution in [0.5, 0.6) is 11.5 Å². The molecule has 33 heavy (non-hydrogen) atoms. The third-order valence-electron chi connectivity index (χ3n) is 4.49. The topological polar surface area (TPSA) is 169 Å². The summed E-state index contributed by atoms with van der Waals surface area (Å²) < 4.78 is 33.3. The van der Waals surface area contributed by atoms with E-state index in [1.54, 1.807) is 24.5 Å². The molecule has 0 aliphatic rings. The molecule has 3 rings (SSSR count). The summed E-state index contributed by atoms with van der Waals surface area (Å²) in [4.78, 5) is 14.3. The molecule has 13 heteroatoms. The van der Waals surface area contributed by atoms with Gasteiger partial charge in [0, 0.05) is 16.5 Å². The van der Waals surface area contributed by atoms with Gasteiger partial charge in [-0.1, -0.05) is 11.8 Å². The number of hydrogen-bond acceptors (Lipinski definition) is 11. The summed E-state index contributed by atoms with van der Waals surface area (Å²) in [5.74, 6) is 1.54. The first kappa shape index (κ1) is 25.0. The number of benzene rings is 1. The van der Waals surface area contributed by atoms with E-state index in [0.717, 1.165) is 21.1 Å². The molecule has 0 aliphatic heterocycles. The zero-order valence-electron chi connectivity index (χ0n) is 18.4. The van der Waals surface area contributed by atoms with E-state index in [4.69, 9.17) is 31.1 Å². The van der Waals surface area contributed by atoms with Gasteiger partial charge in [0.05, 0.1) is 30.4 Å². The maximum absolute atomic E-state index is 11.1. The molecule has 1 unspecified atom stereocenters. The van der Waals surface area contributed by atoms with Crippen LogP contribution in [0, 0.1) is 6.92 Å². The summed E-state index contributed by atoms with van der Waals surface area (Å²) in [7, 11) is -1.98. The Kier molecular flexibility index (Phi) is 8.00. The Labute approximate surface area is 201 Å². The number of nitrogens with zero attached hydrogens (tertiary/aromatic N) is 3. The first-order chi connectivity index (χ1) is 15.6. The van der Waals surface area contributed by atoms with Crippen LogP contribution in [0.25, 0.3) is 10.6 Å². The van der Waals surface area contributed by atoms with E-state index in [2.05, 4.69) is 9.97 Å². The third-order valence-corrected chi connectivity index (χ3v) is 7.35. The number of nitrogens with two attached hydrogens (primary N) is 3.